The molecule has 1 aromatic carbocycles. The third-order valence-electron chi connectivity index (χ3n) is 4.47. The number of aliphatic hydroxyl groups excluding tert-OH is 1. The Hall–Kier alpha value is -2.81. The van der Waals surface area contributed by atoms with Gasteiger partial charge in [-0.05, 0) is 29.8 Å². The van der Waals surface area contributed by atoms with Gasteiger partial charge in [-0.3, -0.25) is 14.6 Å². The monoisotopic (exact) mass is 385 g/mol. The largest absolute Gasteiger partial charge is 0.386 e. The fraction of sp³-hybridized carbons (Fsp3) is 0.350. The van der Waals surface area contributed by atoms with Crippen LogP contribution in [0, 0.1) is 0 Å². The van der Waals surface area contributed by atoms with Crippen molar-refractivity contribution < 1.29 is 24.2 Å². The van der Waals surface area contributed by atoms with Crippen LogP contribution in [0.5, 0.6) is 0 Å². The summed E-state index contributed by atoms with van der Waals surface area (Å²) in [6.45, 7) is 0.483. The average molecular weight is 385 g/mol. The van der Waals surface area contributed by atoms with Gasteiger partial charge in [-0.25, -0.2) is 0 Å². The van der Waals surface area contributed by atoms with Crippen molar-refractivity contribution in [3.63, 3.8) is 0 Å². The summed E-state index contributed by atoms with van der Waals surface area (Å²) >= 11 is 0. The van der Waals surface area contributed by atoms with Crippen molar-refractivity contribution in [1.82, 2.24) is 9.88 Å². The van der Waals surface area contributed by atoms with E-state index in [-0.39, 0.29) is 31.6 Å². The van der Waals surface area contributed by atoms with Crippen LogP contribution in [0.4, 0.5) is 5.69 Å². The number of ether oxygens (including phenoxy) is 2. The topological polar surface area (TPSA) is 101 Å². The molecular formula is C20H23N3O5. The number of hydrogen-bond acceptors (Lipinski definition) is 6. The number of nitrogens with zero attached hydrogens (tertiary/aromatic N) is 2. The Morgan fingerprint density at radius 1 is 1.36 bits per heavy atom. The number of aliphatic hydroxyl groups is 1. The lowest BCUT2D eigenvalue weighted by Crippen LogP contribution is -2.51. The molecule has 0 saturated carbocycles. The van der Waals surface area contributed by atoms with Crippen LogP contribution < -0.4 is 5.32 Å². The Labute approximate surface area is 163 Å². The maximum atomic E-state index is 12.4. The average Bonchev–Trinajstić information content (AvgIpc) is 2.70. The molecule has 2 N–H and O–H groups in total. The van der Waals surface area contributed by atoms with Crippen molar-refractivity contribution in [2.24, 2.45) is 0 Å². The molecule has 1 aliphatic heterocycles. The zero-order valence-corrected chi connectivity index (χ0v) is 15.6. The number of pyridine rings is 1. The molecule has 2 aromatic rings. The lowest BCUT2D eigenvalue weighted by atomic mass is 9.99. The third kappa shape index (κ3) is 4.92. The second kappa shape index (κ2) is 9.41. The smallest absolute Gasteiger partial charge is 0.250 e. The molecule has 8 nitrogen and oxygen atoms in total. The van der Waals surface area contributed by atoms with Gasteiger partial charge in [0.1, 0.15) is 19.3 Å². The molecule has 2 amide bonds. The molecule has 148 valence electrons. The molecule has 2 heterocycles. The number of amides is 2. The number of anilines is 1. The molecular weight excluding hydrogens is 362 g/mol. The molecule has 0 spiro atoms. The van der Waals surface area contributed by atoms with Crippen molar-refractivity contribution in [2.75, 3.05) is 32.2 Å². The highest BCUT2D eigenvalue weighted by molar-refractivity contribution is 5.91. The van der Waals surface area contributed by atoms with Gasteiger partial charge in [0.2, 0.25) is 11.8 Å². The van der Waals surface area contributed by atoms with E-state index in [1.807, 2.05) is 18.2 Å². The van der Waals surface area contributed by atoms with Gasteiger partial charge in [-0.2, -0.15) is 0 Å². The van der Waals surface area contributed by atoms with E-state index in [1.165, 1.54) is 7.11 Å². The van der Waals surface area contributed by atoms with Gasteiger partial charge < -0.3 is 24.8 Å². The molecule has 0 unspecified atom stereocenters. The molecule has 0 radical (unpaired) electrons. The van der Waals surface area contributed by atoms with E-state index < -0.39 is 12.1 Å². The SMILES string of the molecule is COCC(=O)Nc1ccc([C@@H](O)[C@H]2COCC(=O)N2Cc2ccccn2)cc1. The van der Waals surface area contributed by atoms with E-state index in [9.17, 15) is 14.7 Å². The van der Waals surface area contributed by atoms with Crippen molar-refractivity contribution in [3.8, 4) is 0 Å². The summed E-state index contributed by atoms with van der Waals surface area (Å²) in [5.74, 6) is -0.451. The van der Waals surface area contributed by atoms with E-state index in [1.54, 1.807) is 35.4 Å². The van der Waals surface area contributed by atoms with E-state index in [0.717, 1.165) is 5.69 Å². The highest BCUT2D eigenvalue weighted by Crippen LogP contribution is 2.26. The van der Waals surface area contributed by atoms with Gasteiger partial charge >= 0.3 is 0 Å². The predicted octanol–water partition coefficient (Wildman–Crippen LogP) is 1.13. The molecule has 8 heteroatoms. The fourth-order valence-corrected chi connectivity index (χ4v) is 3.07. The van der Waals surface area contributed by atoms with Crippen molar-refractivity contribution in [2.45, 2.75) is 18.7 Å². The second-order valence-electron chi connectivity index (χ2n) is 6.47. The first-order chi connectivity index (χ1) is 13.6. The Kier molecular flexibility index (Phi) is 6.70. The van der Waals surface area contributed by atoms with E-state index in [2.05, 4.69) is 10.3 Å². The number of morpholine rings is 1. The molecule has 1 saturated heterocycles. The zero-order chi connectivity index (χ0) is 19.9. The lowest BCUT2D eigenvalue weighted by Gasteiger charge is -2.38. The number of methoxy groups -OCH3 is 1. The highest BCUT2D eigenvalue weighted by atomic mass is 16.5. The van der Waals surface area contributed by atoms with Crippen molar-refractivity contribution in [3.05, 3.63) is 59.9 Å². The number of carbonyl (C=O) groups is 2. The van der Waals surface area contributed by atoms with Gasteiger partial charge in [0, 0.05) is 19.0 Å². The minimum Gasteiger partial charge on any atom is -0.386 e. The molecule has 0 aliphatic carbocycles. The summed E-state index contributed by atoms with van der Waals surface area (Å²) in [5.41, 5.74) is 1.96. The van der Waals surface area contributed by atoms with E-state index in [0.29, 0.717) is 17.8 Å². The summed E-state index contributed by atoms with van der Waals surface area (Å²) < 4.78 is 10.1. The summed E-state index contributed by atoms with van der Waals surface area (Å²) in [4.78, 5) is 29.8. The maximum absolute atomic E-state index is 12.4. The molecule has 1 aromatic heterocycles. The molecule has 1 aliphatic rings. The number of rotatable bonds is 7. The number of carbonyl (C=O) groups excluding carboxylic acids is 2. The minimum absolute atomic E-state index is 0.0134. The Morgan fingerprint density at radius 3 is 2.82 bits per heavy atom. The second-order valence-corrected chi connectivity index (χ2v) is 6.47. The van der Waals surface area contributed by atoms with E-state index in [4.69, 9.17) is 9.47 Å². The van der Waals surface area contributed by atoms with Crippen LogP contribution in [0.2, 0.25) is 0 Å². The number of nitrogens with one attached hydrogen (secondary N) is 1. The predicted molar refractivity (Wildman–Crippen MR) is 101 cm³/mol. The first kappa shape index (κ1) is 19.9. The number of hydrogen-bond donors (Lipinski definition) is 2. The molecule has 28 heavy (non-hydrogen) atoms. The van der Waals surface area contributed by atoms with Crippen molar-refractivity contribution >= 4 is 17.5 Å². The Balaban J connectivity index is 1.72. The standard InChI is InChI=1S/C20H23N3O5/c1-27-12-18(24)22-15-7-5-14(6-8-15)20(26)17-11-28-13-19(25)23(17)10-16-4-2-3-9-21-16/h2-9,17,20,26H,10-13H2,1H3,(H,22,24)/t17-,20-/m1/s1. The van der Waals surface area contributed by atoms with Crippen LogP contribution in [0.1, 0.15) is 17.4 Å². The number of benzene rings is 1. The summed E-state index contributed by atoms with van der Waals surface area (Å²) in [6, 6.07) is 11.8. The Bertz CT molecular complexity index is 797. The van der Waals surface area contributed by atoms with Gasteiger partial charge in [-0.15, -0.1) is 0 Å². The van der Waals surface area contributed by atoms with Gasteiger partial charge in [0.15, 0.2) is 0 Å². The van der Waals surface area contributed by atoms with E-state index >= 15 is 0 Å². The quantitative estimate of drug-likeness (QED) is 0.741. The summed E-state index contributed by atoms with van der Waals surface area (Å²) in [6.07, 6.45) is 0.735. The number of aromatic nitrogens is 1. The van der Waals surface area contributed by atoms with Crippen LogP contribution in [-0.2, 0) is 25.6 Å². The normalized spacial score (nSPS) is 18.0. The Morgan fingerprint density at radius 2 is 2.14 bits per heavy atom. The molecule has 1 fully saturated rings. The minimum atomic E-state index is -0.934. The lowest BCUT2D eigenvalue weighted by molar-refractivity contribution is -0.155. The maximum Gasteiger partial charge on any atom is 0.250 e. The summed E-state index contributed by atoms with van der Waals surface area (Å²) in [7, 11) is 1.45. The first-order valence-electron chi connectivity index (χ1n) is 8.92. The zero-order valence-electron chi connectivity index (χ0n) is 15.6. The van der Waals surface area contributed by atoms with Gasteiger partial charge in [0.05, 0.1) is 24.9 Å². The van der Waals surface area contributed by atoms with Gasteiger partial charge in [0.25, 0.3) is 0 Å². The van der Waals surface area contributed by atoms with Crippen LogP contribution in [0.15, 0.2) is 48.7 Å². The van der Waals surface area contributed by atoms with Crippen LogP contribution in [0.25, 0.3) is 0 Å². The fourth-order valence-electron chi connectivity index (χ4n) is 3.07. The van der Waals surface area contributed by atoms with Crippen molar-refractivity contribution in [1.29, 1.82) is 0 Å². The van der Waals surface area contributed by atoms with Crippen LogP contribution >= 0.6 is 0 Å². The summed E-state index contributed by atoms with van der Waals surface area (Å²) in [5, 5.41) is 13.6. The van der Waals surface area contributed by atoms with Crippen LogP contribution in [0.3, 0.4) is 0 Å². The highest BCUT2D eigenvalue weighted by Gasteiger charge is 2.34. The third-order valence-corrected chi connectivity index (χ3v) is 4.47. The van der Waals surface area contributed by atoms with Gasteiger partial charge in [-0.1, -0.05) is 18.2 Å². The van der Waals surface area contributed by atoms with Crippen LogP contribution in [-0.4, -0.2) is 59.8 Å². The molecule has 3 rings (SSSR count). The molecule has 2 atom stereocenters. The molecule has 0 bridgehead atoms. The first-order valence-corrected chi connectivity index (χ1v) is 8.92.